The van der Waals surface area contributed by atoms with Crippen molar-refractivity contribution in [3.63, 3.8) is 0 Å². The van der Waals surface area contributed by atoms with Gasteiger partial charge in [-0.15, -0.1) is 11.3 Å². The maximum absolute atomic E-state index is 11.3. The lowest BCUT2D eigenvalue weighted by Crippen LogP contribution is -1.98. The van der Waals surface area contributed by atoms with E-state index in [4.69, 9.17) is 11.6 Å². The molecule has 0 atom stereocenters. The number of halogens is 1. The summed E-state index contributed by atoms with van der Waals surface area (Å²) in [6, 6.07) is 5.54. The van der Waals surface area contributed by atoms with Crippen molar-refractivity contribution in [2.24, 2.45) is 0 Å². The van der Waals surface area contributed by atoms with Gasteiger partial charge in [0.15, 0.2) is 4.47 Å². The summed E-state index contributed by atoms with van der Waals surface area (Å²) in [6.07, 6.45) is 1.75. The predicted molar refractivity (Wildman–Crippen MR) is 73.4 cm³/mol. The molecule has 0 bridgehead atoms. The monoisotopic (exact) mass is 280 g/mol. The number of benzene rings is 1. The van der Waals surface area contributed by atoms with E-state index in [-0.39, 0.29) is 5.56 Å². The molecule has 0 saturated carbocycles. The van der Waals surface area contributed by atoms with Crippen molar-refractivity contribution in [1.29, 1.82) is 0 Å². The SMILES string of the molecule is O=c1[nH][nH]c2cc(NCc3cnc(Cl)s3)ccc12. The number of H-pyrrole nitrogens is 2. The molecule has 5 nitrogen and oxygen atoms in total. The highest BCUT2D eigenvalue weighted by Gasteiger charge is 2.03. The summed E-state index contributed by atoms with van der Waals surface area (Å²) < 4.78 is 0.539. The number of hydrogen-bond acceptors (Lipinski definition) is 4. The van der Waals surface area contributed by atoms with E-state index in [1.165, 1.54) is 11.3 Å². The van der Waals surface area contributed by atoms with E-state index < -0.39 is 0 Å². The molecule has 2 aromatic heterocycles. The second kappa shape index (κ2) is 4.47. The second-order valence-electron chi connectivity index (χ2n) is 3.77. The minimum Gasteiger partial charge on any atom is -0.380 e. The van der Waals surface area contributed by atoms with E-state index in [1.54, 1.807) is 12.3 Å². The first kappa shape index (κ1) is 11.3. The molecule has 0 aliphatic heterocycles. The van der Waals surface area contributed by atoms with Crippen molar-refractivity contribution in [2.45, 2.75) is 6.54 Å². The Morgan fingerprint density at radius 2 is 2.28 bits per heavy atom. The van der Waals surface area contributed by atoms with Gasteiger partial charge in [-0.05, 0) is 18.2 Å². The van der Waals surface area contributed by atoms with Crippen LogP contribution in [0.4, 0.5) is 5.69 Å². The fourth-order valence-electron chi connectivity index (χ4n) is 1.70. The number of nitrogens with one attached hydrogen (secondary N) is 3. The molecular formula is C11H9ClN4OS. The van der Waals surface area contributed by atoms with Gasteiger partial charge in [-0.25, -0.2) is 4.98 Å². The zero-order valence-corrected chi connectivity index (χ0v) is 10.7. The molecule has 0 amide bonds. The summed E-state index contributed by atoms with van der Waals surface area (Å²) in [5.41, 5.74) is 1.61. The van der Waals surface area contributed by atoms with Gasteiger partial charge in [0.1, 0.15) is 0 Å². The summed E-state index contributed by atoms with van der Waals surface area (Å²) in [5.74, 6) is 0. The van der Waals surface area contributed by atoms with Crippen LogP contribution in [0.15, 0.2) is 29.2 Å². The molecule has 2 heterocycles. The molecule has 3 rings (SSSR count). The van der Waals surface area contributed by atoms with Crippen LogP contribution < -0.4 is 10.9 Å². The normalized spacial score (nSPS) is 10.9. The van der Waals surface area contributed by atoms with Crippen LogP contribution in [0.3, 0.4) is 0 Å². The van der Waals surface area contributed by atoms with E-state index >= 15 is 0 Å². The predicted octanol–water partition coefficient (Wildman–Crippen LogP) is 2.58. The van der Waals surface area contributed by atoms with Crippen molar-refractivity contribution in [3.05, 3.63) is 44.1 Å². The van der Waals surface area contributed by atoms with Crippen LogP contribution in [0, 0.1) is 0 Å². The minimum atomic E-state index is -0.106. The van der Waals surface area contributed by atoms with E-state index in [9.17, 15) is 4.79 Å². The lowest BCUT2D eigenvalue weighted by molar-refractivity contribution is 1.08. The van der Waals surface area contributed by atoms with Gasteiger partial charge in [-0.1, -0.05) is 11.6 Å². The Labute approximate surface area is 111 Å². The maximum Gasteiger partial charge on any atom is 0.271 e. The second-order valence-corrected chi connectivity index (χ2v) is 5.47. The number of aromatic amines is 2. The third kappa shape index (κ3) is 2.12. The smallest absolute Gasteiger partial charge is 0.271 e. The number of aromatic nitrogens is 3. The highest BCUT2D eigenvalue weighted by atomic mass is 35.5. The Bertz CT molecular complexity index is 745. The van der Waals surface area contributed by atoms with Gasteiger partial charge < -0.3 is 5.32 Å². The molecule has 0 radical (unpaired) electrons. The Hall–Kier alpha value is -1.79. The zero-order chi connectivity index (χ0) is 12.5. The average molecular weight is 281 g/mol. The van der Waals surface area contributed by atoms with Crippen molar-refractivity contribution in [2.75, 3.05) is 5.32 Å². The summed E-state index contributed by atoms with van der Waals surface area (Å²) in [6.45, 7) is 0.657. The first-order valence-electron chi connectivity index (χ1n) is 5.27. The number of thiazole rings is 1. The van der Waals surface area contributed by atoms with Crippen molar-refractivity contribution >= 4 is 39.5 Å². The highest BCUT2D eigenvalue weighted by Crippen LogP contribution is 2.20. The molecule has 0 unspecified atom stereocenters. The quantitative estimate of drug-likeness (QED) is 0.690. The summed E-state index contributed by atoms with van der Waals surface area (Å²) >= 11 is 7.20. The molecule has 0 aliphatic rings. The van der Waals surface area contributed by atoms with Gasteiger partial charge in [0.2, 0.25) is 0 Å². The number of nitrogens with zero attached hydrogens (tertiary/aromatic N) is 1. The fourth-order valence-corrected chi connectivity index (χ4v) is 2.62. The Kier molecular flexibility index (Phi) is 2.81. The maximum atomic E-state index is 11.3. The summed E-state index contributed by atoms with van der Waals surface area (Å²) in [4.78, 5) is 16.4. The standard InChI is InChI=1S/C11H9ClN4OS/c12-11-14-5-7(18-11)4-13-6-1-2-8-9(3-6)15-16-10(8)17/h1-3,5,13H,4H2,(H2,15,16,17). The number of rotatable bonds is 3. The van der Waals surface area contributed by atoms with Crippen molar-refractivity contribution in [3.8, 4) is 0 Å². The molecule has 0 fully saturated rings. The van der Waals surface area contributed by atoms with E-state index in [0.717, 1.165) is 16.1 Å². The van der Waals surface area contributed by atoms with Crippen LogP contribution in [-0.2, 0) is 6.54 Å². The molecular weight excluding hydrogens is 272 g/mol. The Morgan fingerprint density at radius 1 is 1.39 bits per heavy atom. The van der Waals surface area contributed by atoms with Crippen LogP contribution in [0.25, 0.3) is 10.9 Å². The number of hydrogen-bond donors (Lipinski definition) is 3. The van der Waals surface area contributed by atoms with Gasteiger partial charge in [-0.2, -0.15) is 0 Å². The highest BCUT2D eigenvalue weighted by molar-refractivity contribution is 7.15. The van der Waals surface area contributed by atoms with E-state index in [1.807, 2.05) is 12.1 Å². The van der Waals surface area contributed by atoms with Crippen LogP contribution in [-0.4, -0.2) is 15.2 Å². The third-order valence-corrected chi connectivity index (χ3v) is 3.68. The molecule has 7 heteroatoms. The molecule has 0 saturated heterocycles. The van der Waals surface area contributed by atoms with Gasteiger partial charge in [0.25, 0.3) is 5.56 Å². The first-order chi connectivity index (χ1) is 8.72. The minimum absolute atomic E-state index is 0.106. The van der Waals surface area contributed by atoms with Crippen molar-refractivity contribution in [1.82, 2.24) is 15.2 Å². The molecule has 1 aromatic carbocycles. The van der Waals surface area contributed by atoms with Crippen LogP contribution in [0.1, 0.15) is 4.88 Å². The first-order valence-corrected chi connectivity index (χ1v) is 6.46. The molecule has 3 N–H and O–H groups in total. The Morgan fingerprint density at radius 3 is 3.06 bits per heavy atom. The third-order valence-electron chi connectivity index (χ3n) is 2.57. The largest absolute Gasteiger partial charge is 0.380 e. The van der Waals surface area contributed by atoms with Crippen LogP contribution in [0.5, 0.6) is 0 Å². The van der Waals surface area contributed by atoms with E-state index in [0.29, 0.717) is 16.4 Å². The summed E-state index contributed by atoms with van der Waals surface area (Å²) in [5, 5.41) is 9.27. The number of fused-ring (bicyclic) bond motifs is 1. The van der Waals surface area contributed by atoms with Crippen molar-refractivity contribution < 1.29 is 0 Å². The summed E-state index contributed by atoms with van der Waals surface area (Å²) in [7, 11) is 0. The zero-order valence-electron chi connectivity index (χ0n) is 9.16. The lowest BCUT2D eigenvalue weighted by Gasteiger charge is -2.03. The van der Waals surface area contributed by atoms with Gasteiger partial charge in [0.05, 0.1) is 17.4 Å². The fraction of sp³-hybridized carbons (Fsp3) is 0.0909. The van der Waals surface area contributed by atoms with Crippen LogP contribution >= 0.6 is 22.9 Å². The average Bonchev–Trinajstić information content (AvgIpc) is 2.94. The topological polar surface area (TPSA) is 73.6 Å². The number of anilines is 1. The van der Waals surface area contributed by atoms with Gasteiger partial charge in [-0.3, -0.25) is 15.0 Å². The van der Waals surface area contributed by atoms with Gasteiger partial charge in [0, 0.05) is 16.8 Å². The molecule has 92 valence electrons. The molecule has 18 heavy (non-hydrogen) atoms. The molecule has 3 aromatic rings. The Balaban J connectivity index is 1.80. The molecule has 0 aliphatic carbocycles. The van der Waals surface area contributed by atoms with Crippen LogP contribution in [0.2, 0.25) is 4.47 Å². The lowest BCUT2D eigenvalue weighted by atomic mass is 10.2. The molecule has 0 spiro atoms. The van der Waals surface area contributed by atoms with E-state index in [2.05, 4.69) is 20.5 Å². The van der Waals surface area contributed by atoms with Gasteiger partial charge >= 0.3 is 0 Å².